The van der Waals surface area contributed by atoms with E-state index < -0.39 is 0 Å². The average molecular weight is 369 g/mol. The highest BCUT2D eigenvalue weighted by atomic mass is 127. The fourth-order valence-electron chi connectivity index (χ4n) is 1.47. The summed E-state index contributed by atoms with van der Waals surface area (Å²) >= 11 is 2.22. The third-order valence-electron chi connectivity index (χ3n) is 2.53. The van der Waals surface area contributed by atoms with E-state index in [1.54, 1.807) is 0 Å². The molecule has 0 atom stereocenters. The van der Waals surface area contributed by atoms with Gasteiger partial charge in [0, 0.05) is 9.26 Å². The monoisotopic (exact) mass is 369 g/mol. The Morgan fingerprint density at radius 3 is 2.89 bits per heavy atom. The average Bonchev–Trinajstić information content (AvgIpc) is 2.44. The van der Waals surface area contributed by atoms with Crippen molar-refractivity contribution in [3.8, 4) is 0 Å². The van der Waals surface area contributed by atoms with Crippen molar-refractivity contribution >= 4 is 40.0 Å². The number of nitrogens with two attached hydrogens (primary N) is 1. The number of hydrogen-bond acceptors (Lipinski definition) is 5. The second-order valence-electron chi connectivity index (χ2n) is 3.80. The Labute approximate surface area is 123 Å². The maximum absolute atomic E-state index is 12.1. The number of nitrogen functional groups attached to an aromatic ring is 1. The van der Waals surface area contributed by atoms with Gasteiger partial charge in [0.05, 0.1) is 12.4 Å². The Hall–Kier alpha value is -1.74. The van der Waals surface area contributed by atoms with Crippen LogP contribution in [0, 0.1) is 10.5 Å². The molecule has 0 unspecified atom stereocenters. The van der Waals surface area contributed by atoms with Crippen molar-refractivity contribution in [2.75, 3.05) is 10.7 Å². The number of benzene rings is 1. The van der Waals surface area contributed by atoms with Gasteiger partial charge >= 0.3 is 0 Å². The maximum Gasteiger partial charge on any atom is 0.275 e. The summed E-state index contributed by atoms with van der Waals surface area (Å²) < 4.78 is 1.08. The van der Waals surface area contributed by atoms with Gasteiger partial charge in [0.15, 0.2) is 5.82 Å². The summed E-state index contributed by atoms with van der Waals surface area (Å²) in [4.78, 5) is 20.0. The van der Waals surface area contributed by atoms with Crippen LogP contribution in [0.15, 0.2) is 30.6 Å². The lowest BCUT2D eigenvalue weighted by molar-refractivity contribution is 0.102. The van der Waals surface area contributed by atoms with Gasteiger partial charge in [-0.2, -0.15) is 0 Å². The minimum Gasteiger partial charge on any atom is -0.320 e. The Morgan fingerprint density at radius 1 is 1.37 bits per heavy atom. The van der Waals surface area contributed by atoms with E-state index in [0.717, 1.165) is 14.8 Å². The number of carbonyl (C=O) groups is 1. The van der Waals surface area contributed by atoms with E-state index in [1.165, 1.54) is 12.4 Å². The summed E-state index contributed by atoms with van der Waals surface area (Å²) in [6, 6.07) is 5.70. The summed E-state index contributed by atoms with van der Waals surface area (Å²) in [5, 5.41) is 2.80. The molecule has 2 aromatic rings. The lowest BCUT2D eigenvalue weighted by atomic mass is 10.2. The summed E-state index contributed by atoms with van der Waals surface area (Å²) in [7, 11) is 0. The molecular formula is C12H12IN5O. The van der Waals surface area contributed by atoms with Gasteiger partial charge < -0.3 is 10.7 Å². The zero-order valence-corrected chi connectivity index (χ0v) is 12.3. The van der Waals surface area contributed by atoms with E-state index >= 15 is 0 Å². The molecule has 0 aliphatic carbocycles. The highest BCUT2D eigenvalue weighted by Crippen LogP contribution is 2.20. The minimum absolute atomic E-state index is 0.203. The minimum atomic E-state index is -0.324. The molecule has 1 aromatic heterocycles. The van der Waals surface area contributed by atoms with Crippen LogP contribution in [0.3, 0.4) is 0 Å². The molecule has 1 heterocycles. The molecule has 0 fully saturated rings. The number of hydrogen-bond donors (Lipinski definition) is 3. The SMILES string of the molecule is Cc1c(I)cccc1NC(=O)c1cncc(NN)n1. The van der Waals surface area contributed by atoms with Gasteiger partial charge in [-0.1, -0.05) is 6.07 Å². The fourth-order valence-corrected chi connectivity index (χ4v) is 1.97. The van der Waals surface area contributed by atoms with Crippen molar-refractivity contribution in [3.63, 3.8) is 0 Å². The van der Waals surface area contributed by atoms with Gasteiger partial charge in [-0.15, -0.1) is 0 Å². The van der Waals surface area contributed by atoms with Crippen molar-refractivity contribution in [2.45, 2.75) is 6.92 Å². The smallest absolute Gasteiger partial charge is 0.275 e. The predicted molar refractivity (Wildman–Crippen MR) is 81.7 cm³/mol. The first-order valence-corrected chi connectivity index (χ1v) is 6.55. The number of rotatable bonds is 3. The lowest BCUT2D eigenvalue weighted by Gasteiger charge is -2.09. The van der Waals surface area contributed by atoms with E-state index in [2.05, 4.69) is 43.3 Å². The van der Waals surface area contributed by atoms with E-state index in [9.17, 15) is 4.79 Å². The van der Waals surface area contributed by atoms with E-state index in [4.69, 9.17) is 5.84 Å². The van der Waals surface area contributed by atoms with E-state index in [0.29, 0.717) is 5.82 Å². The van der Waals surface area contributed by atoms with Gasteiger partial charge in [-0.3, -0.25) is 9.78 Å². The Kier molecular flexibility index (Phi) is 4.27. The van der Waals surface area contributed by atoms with Gasteiger partial charge in [-0.25, -0.2) is 10.8 Å². The molecule has 19 heavy (non-hydrogen) atoms. The largest absolute Gasteiger partial charge is 0.320 e. The molecule has 0 saturated heterocycles. The molecule has 98 valence electrons. The lowest BCUT2D eigenvalue weighted by Crippen LogP contribution is -2.17. The molecule has 2 rings (SSSR count). The standard InChI is InChI=1S/C12H12IN5O/c1-7-8(13)3-2-4-9(7)17-12(19)10-5-15-6-11(16-10)18-14/h2-6H,14H2,1H3,(H,16,18)(H,17,19). The number of carbonyl (C=O) groups excluding carboxylic acids is 1. The molecule has 0 saturated carbocycles. The number of nitrogens with one attached hydrogen (secondary N) is 2. The normalized spacial score (nSPS) is 10.1. The van der Waals surface area contributed by atoms with Crippen LogP contribution < -0.4 is 16.6 Å². The second-order valence-corrected chi connectivity index (χ2v) is 4.96. The van der Waals surface area contributed by atoms with Gasteiger partial charge in [0.1, 0.15) is 5.69 Å². The number of aromatic nitrogens is 2. The molecule has 4 N–H and O–H groups in total. The van der Waals surface area contributed by atoms with Crippen LogP contribution in [0.5, 0.6) is 0 Å². The molecule has 0 bridgehead atoms. The molecular weight excluding hydrogens is 357 g/mol. The van der Waals surface area contributed by atoms with Gasteiger partial charge in [0.2, 0.25) is 0 Å². The van der Waals surface area contributed by atoms with Crippen LogP contribution in [0.25, 0.3) is 0 Å². The second kappa shape index (κ2) is 5.93. The van der Waals surface area contributed by atoms with Gasteiger partial charge in [-0.05, 0) is 47.2 Å². The van der Waals surface area contributed by atoms with Crippen LogP contribution in [0.2, 0.25) is 0 Å². The Bertz CT molecular complexity index is 617. The van der Waals surface area contributed by atoms with E-state index in [1.807, 2.05) is 25.1 Å². The molecule has 0 spiro atoms. The van der Waals surface area contributed by atoms with Crippen molar-refractivity contribution in [3.05, 3.63) is 45.4 Å². The van der Waals surface area contributed by atoms with Crippen LogP contribution in [-0.4, -0.2) is 15.9 Å². The first-order chi connectivity index (χ1) is 9.11. The van der Waals surface area contributed by atoms with Crippen molar-refractivity contribution in [1.82, 2.24) is 9.97 Å². The predicted octanol–water partition coefficient (Wildman–Crippen LogP) is 1.93. The van der Waals surface area contributed by atoms with Crippen molar-refractivity contribution in [1.29, 1.82) is 0 Å². The zero-order valence-electron chi connectivity index (χ0n) is 10.1. The summed E-state index contributed by atoms with van der Waals surface area (Å²) in [5.74, 6) is 5.25. The highest BCUT2D eigenvalue weighted by molar-refractivity contribution is 14.1. The third kappa shape index (κ3) is 3.18. The number of amides is 1. The molecule has 1 amide bonds. The van der Waals surface area contributed by atoms with Crippen LogP contribution in [0.1, 0.15) is 16.1 Å². The van der Waals surface area contributed by atoms with Crippen molar-refractivity contribution in [2.24, 2.45) is 5.84 Å². The van der Waals surface area contributed by atoms with Crippen LogP contribution >= 0.6 is 22.6 Å². The van der Waals surface area contributed by atoms with Crippen LogP contribution in [0.4, 0.5) is 11.5 Å². The number of nitrogens with zero attached hydrogens (tertiary/aromatic N) is 2. The van der Waals surface area contributed by atoms with Crippen molar-refractivity contribution < 1.29 is 4.79 Å². The van der Waals surface area contributed by atoms with Crippen LogP contribution in [-0.2, 0) is 0 Å². The summed E-state index contributed by atoms with van der Waals surface area (Å²) in [6.45, 7) is 1.95. The Balaban J connectivity index is 2.23. The fraction of sp³-hybridized carbons (Fsp3) is 0.0833. The quantitative estimate of drug-likeness (QED) is 0.437. The topological polar surface area (TPSA) is 92.9 Å². The molecule has 0 aliphatic rings. The summed E-state index contributed by atoms with van der Waals surface area (Å²) in [6.07, 6.45) is 2.83. The maximum atomic E-state index is 12.1. The molecule has 0 aliphatic heterocycles. The number of halogens is 1. The zero-order chi connectivity index (χ0) is 13.8. The number of anilines is 2. The molecule has 6 nitrogen and oxygen atoms in total. The van der Waals surface area contributed by atoms with E-state index in [-0.39, 0.29) is 11.6 Å². The summed E-state index contributed by atoms with van der Waals surface area (Å²) in [5.41, 5.74) is 4.32. The first-order valence-electron chi connectivity index (χ1n) is 5.47. The van der Waals surface area contributed by atoms with Gasteiger partial charge in [0.25, 0.3) is 5.91 Å². The number of hydrazine groups is 1. The third-order valence-corrected chi connectivity index (χ3v) is 3.70. The highest BCUT2D eigenvalue weighted by Gasteiger charge is 2.11. The first kappa shape index (κ1) is 13.7. The molecule has 7 heteroatoms. The molecule has 1 aromatic carbocycles. The molecule has 0 radical (unpaired) electrons. The Morgan fingerprint density at radius 2 is 2.16 bits per heavy atom.